The Labute approximate surface area is 200 Å². The van der Waals surface area contributed by atoms with Crippen LogP contribution in [0.4, 0.5) is 10.5 Å². The molecular weight excluding hydrogens is 458 g/mol. The number of nitrogens with one attached hydrogen (secondary N) is 2. The van der Waals surface area contributed by atoms with Crippen LogP contribution in [0.2, 0.25) is 5.15 Å². The van der Waals surface area contributed by atoms with E-state index < -0.39 is 30.4 Å². The van der Waals surface area contributed by atoms with Crippen molar-refractivity contribution in [3.8, 4) is 11.1 Å². The van der Waals surface area contributed by atoms with Crippen LogP contribution in [0.15, 0.2) is 60.8 Å². The lowest BCUT2D eigenvalue weighted by atomic mass is 9.98. The molecular formula is C25H22ClN3O5. The van der Waals surface area contributed by atoms with Crippen LogP contribution in [0.1, 0.15) is 29.0 Å². The van der Waals surface area contributed by atoms with E-state index in [0.29, 0.717) is 11.3 Å². The van der Waals surface area contributed by atoms with Gasteiger partial charge in [0, 0.05) is 5.92 Å². The fourth-order valence-corrected chi connectivity index (χ4v) is 4.13. The van der Waals surface area contributed by atoms with E-state index in [2.05, 4.69) is 15.6 Å². The van der Waals surface area contributed by atoms with Gasteiger partial charge in [0.05, 0.1) is 18.3 Å². The van der Waals surface area contributed by atoms with Crippen LogP contribution in [-0.4, -0.2) is 40.7 Å². The molecule has 0 fully saturated rings. The van der Waals surface area contributed by atoms with E-state index in [1.807, 2.05) is 48.5 Å². The van der Waals surface area contributed by atoms with Crippen LogP contribution in [0.25, 0.3) is 11.1 Å². The largest absolute Gasteiger partial charge is 0.481 e. The number of halogens is 1. The lowest BCUT2D eigenvalue weighted by Gasteiger charge is -2.19. The van der Waals surface area contributed by atoms with Crippen molar-refractivity contribution in [3.63, 3.8) is 0 Å². The summed E-state index contributed by atoms with van der Waals surface area (Å²) < 4.78 is 5.43. The Morgan fingerprint density at radius 1 is 1.09 bits per heavy atom. The van der Waals surface area contributed by atoms with E-state index in [-0.39, 0.29) is 17.7 Å². The van der Waals surface area contributed by atoms with Crippen molar-refractivity contribution in [1.29, 1.82) is 0 Å². The first-order valence-corrected chi connectivity index (χ1v) is 11.0. The highest BCUT2D eigenvalue weighted by atomic mass is 35.5. The third kappa shape index (κ3) is 5.02. The molecule has 0 radical (unpaired) electrons. The zero-order chi connectivity index (χ0) is 24.2. The number of rotatable bonds is 7. The first-order chi connectivity index (χ1) is 16.3. The number of benzene rings is 2. The van der Waals surface area contributed by atoms with Gasteiger partial charge < -0.3 is 20.5 Å². The van der Waals surface area contributed by atoms with Gasteiger partial charge in [-0.15, -0.1) is 0 Å². The highest BCUT2D eigenvalue weighted by Gasteiger charge is 2.30. The second kappa shape index (κ2) is 9.93. The molecule has 34 heavy (non-hydrogen) atoms. The van der Waals surface area contributed by atoms with Crippen molar-refractivity contribution in [3.05, 3.63) is 82.6 Å². The van der Waals surface area contributed by atoms with Crippen LogP contribution < -0.4 is 10.6 Å². The molecule has 1 aliphatic carbocycles. The molecule has 2 amide bonds. The number of carbonyl (C=O) groups is 3. The molecule has 174 valence electrons. The predicted octanol–water partition coefficient (Wildman–Crippen LogP) is 4.36. The summed E-state index contributed by atoms with van der Waals surface area (Å²) in [6, 6.07) is 16.0. The minimum atomic E-state index is -1.34. The summed E-state index contributed by atoms with van der Waals surface area (Å²) in [5.74, 6) is -2.11. The maximum atomic E-state index is 12.7. The number of carboxylic acids is 1. The number of ether oxygens (including phenoxy) is 1. The van der Waals surface area contributed by atoms with Crippen LogP contribution >= 0.6 is 11.6 Å². The van der Waals surface area contributed by atoms with Gasteiger partial charge >= 0.3 is 12.1 Å². The fraction of sp³-hybridized carbons (Fsp3) is 0.200. The molecule has 2 aromatic carbocycles. The number of pyridine rings is 1. The van der Waals surface area contributed by atoms with Crippen LogP contribution in [0, 0.1) is 6.92 Å². The number of aryl methyl sites for hydroxylation is 1. The first-order valence-electron chi connectivity index (χ1n) is 10.6. The highest BCUT2D eigenvalue weighted by Crippen LogP contribution is 2.44. The van der Waals surface area contributed by atoms with Crippen molar-refractivity contribution >= 4 is 35.3 Å². The molecule has 1 aromatic heterocycles. The van der Waals surface area contributed by atoms with Crippen molar-refractivity contribution in [1.82, 2.24) is 10.3 Å². The van der Waals surface area contributed by atoms with Crippen LogP contribution in [-0.2, 0) is 14.3 Å². The average Bonchev–Trinajstić information content (AvgIpc) is 3.13. The summed E-state index contributed by atoms with van der Waals surface area (Å²) in [6.45, 7) is 1.76. The van der Waals surface area contributed by atoms with Crippen molar-refractivity contribution in [2.45, 2.75) is 25.3 Å². The van der Waals surface area contributed by atoms with Gasteiger partial charge in [0.2, 0.25) is 5.91 Å². The van der Waals surface area contributed by atoms with Gasteiger partial charge in [-0.25, -0.2) is 9.78 Å². The molecule has 1 unspecified atom stereocenters. The molecule has 3 aromatic rings. The van der Waals surface area contributed by atoms with Gasteiger partial charge in [-0.1, -0.05) is 60.1 Å². The predicted molar refractivity (Wildman–Crippen MR) is 127 cm³/mol. The number of aromatic nitrogens is 1. The Morgan fingerprint density at radius 3 is 2.29 bits per heavy atom. The Balaban J connectivity index is 1.43. The maximum absolute atomic E-state index is 12.7. The van der Waals surface area contributed by atoms with E-state index in [1.165, 1.54) is 6.20 Å². The summed E-state index contributed by atoms with van der Waals surface area (Å²) in [4.78, 5) is 40.4. The normalized spacial score (nSPS) is 12.9. The van der Waals surface area contributed by atoms with E-state index in [1.54, 1.807) is 13.0 Å². The third-order valence-corrected chi connectivity index (χ3v) is 6.01. The SMILES string of the molecule is Cc1cc(NC(=O)C(CC(=O)O)NC(=O)OCC2c3ccccc3-c3ccccc32)cnc1Cl. The minimum absolute atomic E-state index is 0.0432. The fourth-order valence-electron chi connectivity index (χ4n) is 4.02. The summed E-state index contributed by atoms with van der Waals surface area (Å²) in [5.41, 5.74) is 5.23. The molecule has 1 aliphatic rings. The molecule has 4 rings (SSSR count). The lowest BCUT2D eigenvalue weighted by molar-refractivity contribution is -0.139. The Kier molecular flexibility index (Phi) is 6.79. The monoisotopic (exact) mass is 479 g/mol. The van der Waals surface area contributed by atoms with Gasteiger partial charge in [0.25, 0.3) is 0 Å². The molecule has 8 nitrogen and oxygen atoms in total. The number of anilines is 1. The van der Waals surface area contributed by atoms with Gasteiger partial charge in [0.1, 0.15) is 17.8 Å². The summed E-state index contributed by atoms with van der Waals surface area (Å²) in [7, 11) is 0. The molecule has 1 heterocycles. The summed E-state index contributed by atoms with van der Waals surface area (Å²) in [6.07, 6.45) is -0.150. The molecule has 9 heteroatoms. The summed E-state index contributed by atoms with van der Waals surface area (Å²) in [5, 5.41) is 14.4. The van der Waals surface area contributed by atoms with Crippen molar-refractivity contribution in [2.24, 2.45) is 0 Å². The van der Waals surface area contributed by atoms with Gasteiger partial charge in [0.15, 0.2) is 0 Å². The number of nitrogens with zero attached hydrogens (tertiary/aromatic N) is 1. The molecule has 0 aliphatic heterocycles. The Morgan fingerprint density at radius 2 is 1.71 bits per heavy atom. The smallest absolute Gasteiger partial charge is 0.407 e. The molecule has 1 atom stereocenters. The summed E-state index contributed by atoms with van der Waals surface area (Å²) >= 11 is 5.89. The van der Waals surface area contributed by atoms with Crippen LogP contribution in [0.3, 0.4) is 0 Å². The first kappa shape index (κ1) is 23.3. The van der Waals surface area contributed by atoms with Crippen molar-refractivity contribution < 1.29 is 24.2 Å². The second-order valence-corrected chi connectivity index (χ2v) is 8.30. The van der Waals surface area contributed by atoms with E-state index in [0.717, 1.165) is 22.3 Å². The van der Waals surface area contributed by atoms with Gasteiger partial charge in [-0.05, 0) is 40.8 Å². The number of hydrogen-bond acceptors (Lipinski definition) is 5. The van der Waals surface area contributed by atoms with E-state index in [9.17, 15) is 19.5 Å². The number of alkyl carbamates (subject to hydrolysis) is 1. The van der Waals surface area contributed by atoms with E-state index in [4.69, 9.17) is 16.3 Å². The number of hydrogen-bond donors (Lipinski definition) is 3. The minimum Gasteiger partial charge on any atom is -0.481 e. The maximum Gasteiger partial charge on any atom is 0.407 e. The number of fused-ring (bicyclic) bond motifs is 3. The van der Waals surface area contributed by atoms with Crippen molar-refractivity contribution in [2.75, 3.05) is 11.9 Å². The quantitative estimate of drug-likeness (QED) is 0.433. The standard InChI is InChI=1S/C25H22ClN3O5/c1-14-10-15(12-27-23(14)26)28-24(32)21(11-22(30)31)29-25(33)34-13-20-18-8-4-2-6-16(18)17-7-3-5-9-19(17)20/h2-10,12,20-21H,11,13H2,1H3,(H,28,32)(H,29,33)(H,30,31). The van der Waals surface area contributed by atoms with Gasteiger partial charge in [-0.3, -0.25) is 9.59 Å². The average molecular weight is 480 g/mol. The number of carbonyl (C=O) groups excluding carboxylic acids is 2. The molecule has 3 N–H and O–H groups in total. The topological polar surface area (TPSA) is 118 Å². The number of amides is 2. The zero-order valence-electron chi connectivity index (χ0n) is 18.2. The Bertz CT molecular complexity index is 1220. The highest BCUT2D eigenvalue weighted by molar-refractivity contribution is 6.30. The third-order valence-electron chi connectivity index (χ3n) is 5.61. The Hall–Kier alpha value is -3.91. The molecule has 0 saturated carbocycles. The van der Waals surface area contributed by atoms with Crippen LogP contribution in [0.5, 0.6) is 0 Å². The lowest BCUT2D eigenvalue weighted by Crippen LogP contribution is -2.45. The van der Waals surface area contributed by atoms with Gasteiger partial charge in [-0.2, -0.15) is 0 Å². The zero-order valence-corrected chi connectivity index (χ0v) is 19.0. The molecule has 0 bridgehead atoms. The van der Waals surface area contributed by atoms with E-state index >= 15 is 0 Å². The molecule has 0 spiro atoms. The second-order valence-electron chi connectivity index (χ2n) is 7.94. The number of aliphatic carboxylic acids is 1. The molecule has 0 saturated heterocycles. The number of carboxylic acid groups (broad SMARTS) is 1.